The van der Waals surface area contributed by atoms with E-state index in [-0.39, 0.29) is 16.5 Å². The number of hydrogen-bond acceptors (Lipinski definition) is 8. The first-order valence-corrected chi connectivity index (χ1v) is 6.36. The Morgan fingerprint density at radius 2 is 1.00 bits per heavy atom. The van der Waals surface area contributed by atoms with Gasteiger partial charge in [0.1, 0.15) is 0 Å². The van der Waals surface area contributed by atoms with E-state index in [1.807, 2.05) is 0 Å². The molecular formula is C4H10NiO8S2. The van der Waals surface area contributed by atoms with Crippen LogP contribution < -0.4 is 0 Å². The zero-order valence-corrected chi connectivity index (χ0v) is 9.93. The van der Waals surface area contributed by atoms with E-state index >= 15 is 0 Å². The first kappa shape index (κ1) is 20.6. The molecule has 8 nitrogen and oxygen atoms in total. The van der Waals surface area contributed by atoms with Crippen molar-refractivity contribution in [1.29, 1.82) is 0 Å². The van der Waals surface area contributed by atoms with Gasteiger partial charge in [-0.3, -0.25) is 0 Å². The molecule has 0 heterocycles. The van der Waals surface area contributed by atoms with Crippen LogP contribution in [0.5, 0.6) is 0 Å². The smallest absolute Gasteiger partial charge is 0.748 e. The molecule has 0 amide bonds. The van der Waals surface area contributed by atoms with E-state index in [1.54, 1.807) is 0 Å². The molecule has 0 aromatic rings. The molecule has 15 heavy (non-hydrogen) atoms. The van der Waals surface area contributed by atoms with E-state index < -0.39 is 45.0 Å². The van der Waals surface area contributed by atoms with Crippen molar-refractivity contribution >= 4 is 20.2 Å². The minimum absolute atomic E-state index is 0. The van der Waals surface area contributed by atoms with Gasteiger partial charge in [-0.25, -0.2) is 16.8 Å². The van der Waals surface area contributed by atoms with Gasteiger partial charge in [-0.05, 0) is 0 Å². The van der Waals surface area contributed by atoms with Crippen molar-refractivity contribution in [2.75, 3.05) is 24.7 Å². The second-order valence-electron chi connectivity index (χ2n) is 1.97. The fraction of sp³-hybridized carbons (Fsp3) is 1.00. The molecule has 0 aromatic carbocycles. The third-order valence-electron chi connectivity index (χ3n) is 0.683. The largest absolute Gasteiger partial charge is 2.00 e. The van der Waals surface area contributed by atoms with Crippen molar-refractivity contribution in [2.24, 2.45) is 0 Å². The van der Waals surface area contributed by atoms with Crippen LogP contribution in [0.3, 0.4) is 0 Å². The van der Waals surface area contributed by atoms with Gasteiger partial charge in [-0.15, -0.1) is 0 Å². The molecule has 96 valence electrons. The topological polar surface area (TPSA) is 155 Å². The molecular weight excluding hydrogens is 299 g/mol. The Morgan fingerprint density at radius 3 is 1.00 bits per heavy atom. The summed E-state index contributed by atoms with van der Waals surface area (Å²) in [6, 6.07) is 0. The quantitative estimate of drug-likeness (QED) is 0.412. The molecule has 0 aliphatic heterocycles. The molecule has 0 aliphatic carbocycles. The molecule has 0 saturated carbocycles. The third-order valence-corrected chi connectivity index (χ3v) is 2.05. The van der Waals surface area contributed by atoms with Gasteiger partial charge in [0.2, 0.25) is 0 Å². The third kappa shape index (κ3) is 31.4. The Hall–Kier alpha value is 0.234. The van der Waals surface area contributed by atoms with Gasteiger partial charge in [-0.1, -0.05) is 0 Å². The summed E-state index contributed by atoms with van der Waals surface area (Å²) in [5.41, 5.74) is 0. The van der Waals surface area contributed by atoms with Gasteiger partial charge in [0.05, 0.1) is 45.0 Å². The SMILES string of the molecule is O=S(=O)([O-])CCO.O=S(=O)([O-])CCO.[Ni+2]. The number of aliphatic hydroxyl groups is 2. The molecule has 0 atom stereocenters. The maximum atomic E-state index is 9.52. The molecule has 11 heteroatoms. The van der Waals surface area contributed by atoms with Gasteiger partial charge in [0.15, 0.2) is 0 Å². The molecule has 0 aromatic heterocycles. The number of rotatable bonds is 4. The van der Waals surface area contributed by atoms with Crippen molar-refractivity contribution in [3.63, 3.8) is 0 Å². The Bertz CT molecular complexity index is 285. The fourth-order valence-electron chi connectivity index (χ4n) is 0.224. The van der Waals surface area contributed by atoms with E-state index in [4.69, 9.17) is 10.2 Å². The first-order valence-electron chi connectivity index (χ1n) is 3.21. The summed E-state index contributed by atoms with van der Waals surface area (Å²) in [7, 11) is -8.35. The standard InChI is InChI=1S/2C2H6O4S.Ni/c2*3-1-2-7(4,5)6;/h2*3H,1-2H2,(H,4,5,6);/q;;+2/p-2. The Balaban J connectivity index is -0.000000180. The van der Waals surface area contributed by atoms with E-state index in [1.165, 1.54) is 0 Å². The minimum atomic E-state index is -4.17. The average Bonchev–Trinajstić information content (AvgIpc) is 1.81. The van der Waals surface area contributed by atoms with Crippen LogP contribution in [-0.4, -0.2) is 60.9 Å². The van der Waals surface area contributed by atoms with Crippen LogP contribution >= 0.6 is 0 Å². The predicted octanol–water partition coefficient (Wildman–Crippen LogP) is -2.95. The van der Waals surface area contributed by atoms with E-state index in [0.717, 1.165) is 0 Å². The van der Waals surface area contributed by atoms with Gasteiger partial charge in [0.25, 0.3) is 0 Å². The van der Waals surface area contributed by atoms with Crippen molar-refractivity contribution in [3.8, 4) is 0 Å². The normalized spacial score (nSPS) is 10.9. The van der Waals surface area contributed by atoms with Crippen molar-refractivity contribution in [2.45, 2.75) is 0 Å². The zero-order valence-electron chi connectivity index (χ0n) is 7.31. The second kappa shape index (κ2) is 9.46. The van der Waals surface area contributed by atoms with Crippen LogP contribution in [0.4, 0.5) is 0 Å². The Morgan fingerprint density at radius 1 is 0.800 bits per heavy atom. The van der Waals surface area contributed by atoms with Crippen molar-refractivity contribution < 1.29 is 52.6 Å². The van der Waals surface area contributed by atoms with E-state index in [9.17, 15) is 25.9 Å². The van der Waals surface area contributed by atoms with Crippen LogP contribution in [0.15, 0.2) is 0 Å². The molecule has 0 fully saturated rings. The number of hydrogen-bond donors (Lipinski definition) is 2. The second-order valence-corrected chi connectivity index (χ2v) is 5.02. The van der Waals surface area contributed by atoms with Gasteiger partial charge >= 0.3 is 16.5 Å². The molecule has 0 rings (SSSR count). The van der Waals surface area contributed by atoms with Crippen LogP contribution in [0.25, 0.3) is 0 Å². The minimum Gasteiger partial charge on any atom is -0.748 e. The summed E-state index contributed by atoms with van der Waals surface area (Å²) < 4.78 is 57.1. The van der Waals surface area contributed by atoms with Crippen molar-refractivity contribution in [3.05, 3.63) is 0 Å². The molecule has 0 bridgehead atoms. The summed E-state index contributed by atoms with van der Waals surface area (Å²) in [6.45, 7) is -1.18. The maximum Gasteiger partial charge on any atom is 2.00 e. The fourth-order valence-corrected chi connectivity index (χ4v) is 0.671. The summed E-state index contributed by atoms with van der Waals surface area (Å²) in [6.07, 6.45) is 0. The van der Waals surface area contributed by atoms with E-state index in [0.29, 0.717) is 0 Å². The van der Waals surface area contributed by atoms with Crippen LogP contribution in [0.1, 0.15) is 0 Å². The molecule has 2 N–H and O–H groups in total. The summed E-state index contributed by atoms with van der Waals surface area (Å²) >= 11 is 0. The Labute approximate surface area is 97.7 Å². The van der Waals surface area contributed by atoms with Gasteiger partial charge < -0.3 is 19.3 Å². The van der Waals surface area contributed by atoms with Crippen molar-refractivity contribution in [1.82, 2.24) is 0 Å². The maximum absolute atomic E-state index is 9.52. The average molecular weight is 309 g/mol. The summed E-state index contributed by atoms with van der Waals surface area (Å²) in [5, 5.41) is 15.6. The van der Waals surface area contributed by atoms with Gasteiger partial charge in [0, 0.05) is 0 Å². The molecule has 0 unspecified atom stereocenters. The molecule has 0 saturated heterocycles. The summed E-state index contributed by atoms with van der Waals surface area (Å²) in [4.78, 5) is 0. The van der Waals surface area contributed by atoms with Crippen LogP contribution in [0, 0.1) is 0 Å². The molecule has 0 aliphatic rings. The van der Waals surface area contributed by atoms with Crippen LogP contribution in [0.2, 0.25) is 0 Å². The molecule has 0 radical (unpaired) electrons. The monoisotopic (exact) mass is 308 g/mol. The first-order chi connectivity index (χ1) is 6.12. The summed E-state index contributed by atoms with van der Waals surface area (Å²) in [5.74, 6) is -1.38. The predicted molar refractivity (Wildman–Crippen MR) is 43.3 cm³/mol. The number of aliphatic hydroxyl groups excluding tert-OH is 2. The van der Waals surface area contributed by atoms with Gasteiger partial charge in [-0.2, -0.15) is 0 Å². The zero-order chi connectivity index (χ0) is 11.8. The molecule has 0 spiro atoms. The Kier molecular flexibility index (Phi) is 13.0. The van der Waals surface area contributed by atoms with Crippen LogP contribution in [-0.2, 0) is 36.7 Å². The van der Waals surface area contributed by atoms with E-state index in [2.05, 4.69) is 0 Å².